The number of benzene rings is 1. The van der Waals surface area contributed by atoms with E-state index in [0.29, 0.717) is 17.1 Å². The van der Waals surface area contributed by atoms with Gasteiger partial charge in [0.1, 0.15) is 0 Å². The van der Waals surface area contributed by atoms with Crippen LogP contribution in [0.15, 0.2) is 18.2 Å². The highest BCUT2D eigenvalue weighted by atomic mass is 35.5. The van der Waals surface area contributed by atoms with Crippen molar-refractivity contribution in [3.05, 3.63) is 28.8 Å². The number of hydrogen-bond donors (Lipinski definition) is 1. The molecule has 5 nitrogen and oxygen atoms in total. The number of rotatable bonds is 7. The third-order valence-electron chi connectivity index (χ3n) is 2.94. The van der Waals surface area contributed by atoms with Gasteiger partial charge in [0.15, 0.2) is 0 Å². The summed E-state index contributed by atoms with van der Waals surface area (Å²) in [5.41, 5.74) is 1.35. The zero-order valence-electron chi connectivity index (χ0n) is 12.5. The van der Waals surface area contributed by atoms with E-state index in [-0.39, 0.29) is 19.0 Å². The maximum absolute atomic E-state index is 12.0. The lowest BCUT2D eigenvalue weighted by Crippen LogP contribution is -2.38. The Balaban J connectivity index is 2.85. The molecule has 0 fully saturated rings. The fraction of sp³-hybridized carbons (Fsp3) is 0.500. The van der Waals surface area contributed by atoms with E-state index in [0.717, 1.165) is 18.2 Å². The number of carbonyl (C=O) groups is 1. The lowest BCUT2D eigenvalue weighted by Gasteiger charge is -2.24. The SMILES string of the molecule is CCCC(=O)NCCN(c1ccc(Cl)cc1C)S(C)(=O)=O. The molecular formula is C14H21ClN2O3S. The highest BCUT2D eigenvalue weighted by Gasteiger charge is 2.19. The summed E-state index contributed by atoms with van der Waals surface area (Å²) in [5.74, 6) is -0.0706. The zero-order valence-corrected chi connectivity index (χ0v) is 14.1. The third-order valence-corrected chi connectivity index (χ3v) is 4.36. The quantitative estimate of drug-likeness (QED) is 0.833. The Morgan fingerprint density at radius 2 is 2.05 bits per heavy atom. The number of nitrogens with one attached hydrogen (secondary N) is 1. The zero-order chi connectivity index (χ0) is 16.0. The molecule has 0 aliphatic rings. The monoisotopic (exact) mass is 332 g/mol. The summed E-state index contributed by atoms with van der Waals surface area (Å²) >= 11 is 5.89. The molecule has 0 unspecified atom stereocenters. The van der Waals surface area contributed by atoms with E-state index >= 15 is 0 Å². The Bertz CT molecular complexity index is 602. The van der Waals surface area contributed by atoms with Crippen LogP contribution in [-0.2, 0) is 14.8 Å². The topological polar surface area (TPSA) is 66.5 Å². The molecular weight excluding hydrogens is 312 g/mol. The van der Waals surface area contributed by atoms with E-state index in [1.165, 1.54) is 4.31 Å². The van der Waals surface area contributed by atoms with Gasteiger partial charge in [0.2, 0.25) is 15.9 Å². The largest absolute Gasteiger partial charge is 0.354 e. The summed E-state index contributed by atoms with van der Waals surface area (Å²) in [6.45, 7) is 4.18. The van der Waals surface area contributed by atoms with Crippen LogP contribution in [0.3, 0.4) is 0 Å². The van der Waals surface area contributed by atoms with Gasteiger partial charge in [-0.25, -0.2) is 8.42 Å². The maximum atomic E-state index is 12.0. The molecule has 21 heavy (non-hydrogen) atoms. The van der Waals surface area contributed by atoms with Crippen LogP contribution in [0.5, 0.6) is 0 Å². The molecule has 0 bridgehead atoms. The van der Waals surface area contributed by atoms with Crippen molar-refractivity contribution in [2.75, 3.05) is 23.7 Å². The van der Waals surface area contributed by atoms with Crippen LogP contribution in [0.4, 0.5) is 5.69 Å². The van der Waals surface area contributed by atoms with Crippen LogP contribution >= 0.6 is 11.6 Å². The van der Waals surface area contributed by atoms with Crippen molar-refractivity contribution in [3.8, 4) is 0 Å². The van der Waals surface area contributed by atoms with Crippen molar-refractivity contribution < 1.29 is 13.2 Å². The molecule has 0 aromatic heterocycles. The van der Waals surface area contributed by atoms with Crippen molar-refractivity contribution in [3.63, 3.8) is 0 Å². The Labute approximate surface area is 131 Å². The fourth-order valence-corrected chi connectivity index (χ4v) is 3.19. The van der Waals surface area contributed by atoms with Crippen molar-refractivity contribution in [2.45, 2.75) is 26.7 Å². The first-order valence-electron chi connectivity index (χ1n) is 6.76. The molecule has 1 aromatic carbocycles. The second-order valence-corrected chi connectivity index (χ2v) is 7.21. The predicted molar refractivity (Wildman–Crippen MR) is 86.3 cm³/mol. The van der Waals surface area contributed by atoms with Gasteiger partial charge in [0.25, 0.3) is 0 Å². The number of hydrogen-bond acceptors (Lipinski definition) is 3. The molecule has 7 heteroatoms. The van der Waals surface area contributed by atoms with Gasteiger partial charge in [-0.15, -0.1) is 0 Å². The molecule has 118 valence electrons. The Hall–Kier alpha value is -1.27. The van der Waals surface area contributed by atoms with Gasteiger partial charge in [-0.05, 0) is 37.1 Å². The van der Waals surface area contributed by atoms with Gasteiger partial charge in [-0.3, -0.25) is 9.10 Å². The summed E-state index contributed by atoms with van der Waals surface area (Å²) in [6, 6.07) is 5.04. The molecule has 0 saturated heterocycles. The minimum absolute atomic E-state index is 0.0706. The lowest BCUT2D eigenvalue weighted by molar-refractivity contribution is -0.121. The minimum atomic E-state index is -3.42. The highest BCUT2D eigenvalue weighted by molar-refractivity contribution is 7.92. The van der Waals surface area contributed by atoms with Crippen LogP contribution in [0, 0.1) is 6.92 Å². The Kier molecular flexibility index (Phi) is 6.48. The average Bonchev–Trinajstić information content (AvgIpc) is 2.35. The molecule has 0 aliphatic heterocycles. The first-order valence-corrected chi connectivity index (χ1v) is 8.99. The number of nitrogens with zero attached hydrogens (tertiary/aromatic N) is 1. The second kappa shape index (κ2) is 7.66. The smallest absolute Gasteiger partial charge is 0.232 e. The molecule has 1 aromatic rings. The third kappa shape index (κ3) is 5.55. The molecule has 0 atom stereocenters. The molecule has 1 amide bonds. The van der Waals surface area contributed by atoms with E-state index in [9.17, 15) is 13.2 Å². The molecule has 0 saturated carbocycles. The average molecular weight is 333 g/mol. The molecule has 0 aliphatic carbocycles. The fourth-order valence-electron chi connectivity index (χ4n) is 1.98. The van der Waals surface area contributed by atoms with Gasteiger partial charge < -0.3 is 5.32 Å². The predicted octanol–water partition coefficient (Wildman–Crippen LogP) is 2.33. The molecule has 0 spiro atoms. The van der Waals surface area contributed by atoms with Crippen LogP contribution in [0.1, 0.15) is 25.3 Å². The number of carbonyl (C=O) groups excluding carboxylic acids is 1. The van der Waals surface area contributed by atoms with Gasteiger partial charge in [-0.2, -0.15) is 0 Å². The normalized spacial score (nSPS) is 11.2. The Morgan fingerprint density at radius 1 is 1.38 bits per heavy atom. The van der Waals surface area contributed by atoms with Crippen molar-refractivity contribution >= 4 is 33.2 Å². The standard InChI is InChI=1S/C14H21ClN2O3S/c1-4-5-14(18)16-8-9-17(21(3,19)20)13-7-6-12(15)10-11(13)2/h6-7,10H,4-5,8-9H2,1-3H3,(H,16,18). The van der Waals surface area contributed by atoms with Crippen LogP contribution in [-0.4, -0.2) is 33.7 Å². The van der Waals surface area contributed by atoms with Crippen molar-refractivity contribution in [2.24, 2.45) is 0 Å². The maximum Gasteiger partial charge on any atom is 0.232 e. The Morgan fingerprint density at radius 3 is 2.57 bits per heavy atom. The highest BCUT2D eigenvalue weighted by Crippen LogP contribution is 2.25. The first-order chi connectivity index (χ1) is 9.75. The van der Waals surface area contributed by atoms with E-state index < -0.39 is 10.0 Å². The van der Waals surface area contributed by atoms with Crippen molar-refractivity contribution in [1.29, 1.82) is 0 Å². The first kappa shape index (κ1) is 17.8. The van der Waals surface area contributed by atoms with Gasteiger partial charge in [0.05, 0.1) is 18.5 Å². The molecule has 1 rings (SSSR count). The lowest BCUT2D eigenvalue weighted by atomic mass is 10.2. The van der Waals surface area contributed by atoms with E-state index in [4.69, 9.17) is 11.6 Å². The summed E-state index contributed by atoms with van der Waals surface area (Å²) < 4.78 is 25.2. The molecule has 1 N–H and O–H groups in total. The number of halogens is 1. The van der Waals surface area contributed by atoms with Gasteiger partial charge in [0, 0.05) is 18.0 Å². The van der Waals surface area contributed by atoms with E-state index in [1.807, 2.05) is 6.92 Å². The second-order valence-electron chi connectivity index (χ2n) is 4.87. The van der Waals surface area contributed by atoms with Gasteiger partial charge >= 0.3 is 0 Å². The summed E-state index contributed by atoms with van der Waals surface area (Å²) in [5, 5.41) is 3.27. The van der Waals surface area contributed by atoms with Crippen molar-refractivity contribution in [1.82, 2.24) is 5.32 Å². The van der Waals surface area contributed by atoms with E-state index in [1.54, 1.807) is 25.1 Å². The summed E-state index contributed by atoms with van der Waals surface area (Å²) in [7, 11) is -3.42. The van der Waals surface area contributed by atoms with Gasteiger partial charge in [-0.1, -0.05) is 18.5 Å². The van der Waals surface area contributed by atoms with Crippen LogP contribution in [0.25, 0.3) is 0 Å². The summed E-state index contributed by atoms with van der Waals surface area (Å²) in [6.07, 6.45) is 2.35. The molecule has 0 heterocycles. The number of aryl methyl sites for hydroxylation is 1. The molecule has 0 radical (unpaired) electrons. The van der Waals surface area contributed by atoms with Crippen LogP contribution < -0.4 is 9.62 Å². The van der Waals surface area contributed by atoms with Crippen LogP contribution in [0.2, 0.25) is 5.02 Å². The minimum Gasteiger partial charge on any atom is -0.354 e. The number of sulfonamides is 1. The number of amides is 1. The number of anilines is 1. The van der Waals surface area contributed by atoms with E-state index in [2.05, 4.69) is 5.32 Å². The summed E-state index contributed by atoms with van der Waals surface area (Å²) in [4.78, 5) is 11.4.